The van der Waals surface area contributed by atoms with Crippen molar-refractivity contribution in [1.29, 1.82) is 0 Å². The molecule has 3 aromatic carbocycles. The van der Waals surface area contributed by atoms with E-state index in [1.54, 1.807) is 48.5 Å². The van der Waals surface area contributed by atoms with E-state index in [0.717, 1.165) is 15.8 Å². The Labute approximate surface area is 183 Å². The second-order valence-electron chi connectivity index (χ2n) is 6.52. The second-order valence-corrected chi connectivity index (χ2v) is 9.22. The third kappa shape index (κ3) is 4.04. The fourth-order valence-corrected chi connectivity index (χ4v) is 4.82. The molecule has 4 rings (SSSR count). The Balaban J connectivity index is 1.80. The fraction of sp³-hybridized carbons (Fsp3) is 0.0870. The molecule has 0 atom stereocenters. The highest BCUT2D eigenvalue weighted by Gasteiger charge is 2.23. The summed E-state index contributed by atoms with van der Waals surface area (Å²) in [6.07, 6.45) is 3.55. The first-order valence-electron chi connectivity index (χ1n) is 9.38. The normalized spacial score (nSPS) is 11.9. The number of fused-ring (bicyclic) bond motifs is 1. The van der Waals surface area contributed by atoms with Gasteiger partial charge in [0.2, 0.25) is 0 Å². The maximum Gasteiger partial charge on any atom is 0.269 e. The van der Waals surface area contributed by atoms with Crippen LogP contribution in [0.25, 0.3) is 23.2 Å². The first-order chi connectivity index (χ1) is 14.5. The third-order valence-electron chi connectivity index (χ3n) is 4.51. The van der Waals surface area contributed by atoms with Crippen LogP contribution in [-0.2, 0) is 10.0 Å². The molecule has 0 saturated heterocycles. The summed E-state index contributed by atoms with van der Waals surface area (Å²) in [5.41, 5.74) is 2.06. The minimum absolute atomic E-state index is 0.199. The number of aromatic nitrogens is 2. The minimum Gasteiger partial charge on any atom is -0.494 e. The number of nitrogens with zero attached hydrogens (tertiary/aromatic N) is 2. The summed E-state index contributed by atoms with van der Waals surface area (Å²) in [4.78, 5) is 4.75. The number of ether oxygens (including phenoxy) is 1. The summed E-state index contributed by atoms with van der Waals surface area (Å²) in [5.74, 6) is 1.13. The van der Waals surface area contributed by atoms with Gasteiger partial charge in [-0.25, -0.2) is 17.4 Å². The molecule has 0 fully saturated rings. The average Bonchev–Trinajstić information content (AvgIpc) is 3.13. The molecule has 5 nitrogen and oxygen atoms in total. The molecule has 0 unspecified atom stereocenters. The van der Waals surface area contributed by atoms with Crippen LogP contribution in [-0.4, -0.2) is 24.0 Å². The van der Waals surface area contributed by atoms with Crippen molar-refractivity contribution < 1.29 is 13.2 Å². The highest BCUT2D eigenvalue weighted by molar-refractivity contribution is 9.10. The minimum atomic E-state index is -3.83. The molecule has 1 aromatic heterocycles. The lowest BCUT2D eigenvalue weighted by Gasteiger charge is -2.09. The van der Waals surface area contributed by atoms with Crippen molar-refractivity contribution >= 4 is 49.1 Å². The summed E-state index contributed by atoms with van der Waals surface area (Å²) >= 11 is 3.35. The van der Waals surface area contributed by atoms with Crippen LogP contribution in [0, 0.1) is 0 Å². The summed E-state index contributed by atoms with van der Waals surface area (Å²) < 4.78 is 34.4. The summed E-state index contributed by atoms with van der Waals surface area (Å²) in [6, 6.07) is 21.4. The number of hydrogen-bond donors (Lipinski definition) is 0. The topological polar surface area (TPSA) is 61.2 Å². The van der Waals surface area contributed by atoms with Crippen LogP contribution in [0.4, 0.5) is 0 Å². The molecule has 0 radical (unpaired) electrons. The Morgan fingerprint density at radius 3 is 2.37 bits per heavy atom. The zero-order chi connectivity index (χ0) is 21.1. The van der Waals surface area contributed by atoms with E-state index >= 15 is 0 Å². The molecule has 0 spiro atoms. The van der Waals surface area contributed by atoms with Gasteiger partial charge in [-0.15, -0.1) is 0 Å². The monoisotopic (exact) mass is 482 g/mol. The zero-order valence-corrected chi connectivity index (χ0v) is 18.6. The maximum absolute atomic E-state index is 13.4. The van der Waals surface area contributed by atoms with Crippen molar-refractivity contribution in [2.75, 3.05) is 6.61 Å². The van der Waals surface area contributed by atoms with E-state index in [4.69, 9.17) is 4.74 Å². The van der Waals surface area contributed by atoms with Gasteiger partial charge in [-0.2, -0.15) is 0 Å². The quantitative estimate of drug-likeness (QED) is 0.358. The fourth-order valence-electron chi connectivity index (χ4n) is 3.10. The van der Waals surface area contributed by atoms with Crippen LogP contribution < -0.4 is 4.74 Å². The molecule has 0 aliphatic rings. The first-order valence-corrected chi connectivity index (χ1v) is 11.6. The molecule has 0 N–H and O–H groups in total. The lowest BCUT2D eigenvalue weighted by molar-refractivity contribution is 0.340. The van der Waals surface area contributed by atoms with E-state index < -0.39 is 10.0 Å². The van der Waals surface area contributed by atoms with Gasteiger partial charge in [0.1, 0.15) is 11.6 Å². The number of imidazole rings is 1. The van der Waals surface area contributed by atoms with Crippen molar-refractivity contribution in [2.24, 2.45) is 0 Å². The average molecular weight is 483 g/mol. The zero-order valence-electron chi connectivity index (χ0n) is 16.2. The lowest BCUT2D eigenvalue weighted by atomic mass is 10.2. The molecule has 0 aliphatic carbocycles. The van der Waals surface area contributed by atoms with E-state index in [2.05, 4.69) is 20.9 Å². The molecule has 30 heavy (non-hydrogen) atoms. The molecule has 0 aliphatic heterocycles. The Morgan fingerprint density at radius 1 is 0.967 bits per heavy atom. The van der Waals surface area contributed by atoms with Crippen molar-refractivity contribution in [2.45, 2.75) is 11.8 Å². The number of rotatable bonds is 6. The van der Waals surface area contributed by atoms with Gasteiger partial charge in [-0.3, -0.25) is 0 Å². The molecule has 0 saturated carbocycles. The smallest absolute Gasteiger partial charge is 0.269 e. The molecule has 7 heteroatoms. The van der Waals surface area contributed by atoms with Crippen LogP contribution in [0.3, 0.4) is 0 Å². The molecule has 1 heterocycles. The van der Waals surface area contributed by atoms with Gasteiger partial charge in [0, 0.05) is 4.47 Å². The molecule has 0 amide bonds. The largest absolute Gasteiger partial charge is 0.494 e. The van der Waals surface area contributed by atoms with Gasteiger partial charge < -0.3 is 4.74 Å². The summed E-state index contributed by atoms with van der Waals surface area (Å²) in [7, 11) is -3.83. The predicted octanol–water partition coefficient (Wildman–Crippen LogP) is 5.60. The van der Waals surface area contributed by atoms with Crippen molar-refractivity contribution in [3.8, 4) is 5.75 Å². The van der Waals surface area contributed by atoms with E-state index in [1.807, 2.05) is 43.3 Å². The SMILES string of the molecule is CCOc1ccc(/C=C/c2nc3ccccc3n2S(=O)(=O)c2ccc(Br)cc2)cc1. The Kier molecular flexibility index (Phi) is 5.74. The van der Waals surface area contributed by atoms with E-state index in [-0.39, 0.29) is 4.90 Å². The standard InChI is InChI=1S/C23H19BrN2O3S/c1-2-29-19-12-7-17(8-13-19)9-16-23-25-21-5-3-4-6-22(21)26(23)30(27,28)20-14-10-18(24)11-15-20/h3-16H,2H2,1H3/b16-9+. The molecular weight excluding hydrogens is 464 g/mol. The summed E-state index contributed by atoms with van der Waals surface area (Å²) in [6.45, 7) is 2.54. The van der Waals surface area contributed by atoms with E-state index in [9.17, 15) is 8.42 Å². The second kappa shape index (κ2) is 8.45. The Bertz CT molecular complexity index is 1310. The Hall–Kier alpha value is -2.90. The van der Waals surface area contributed by atoms with Crippen LogP contribution in [0.2, 0.25) is 0 Å². The molecular formula is C23H19BrN2O3S. The van der Waals surface area contributed by atoms with Crippen molar-refractivity contribution in [3.63, 3.8) is 0 Å². The highest BCUT2D eigenvalue weighted by atomic mass is 79.9. The Morgan fingerprint density at radius 2 is 1.67 bits per heavy atom. The third-order valence-corrected chi connectivity index (χ3v) is 6.77. The van der Waals surface area contributed by atoms with Crippen LogP contribution in [0.1, 0.15) is 18.3 Å². The molecule has 0 bridgehead atoms. The number of halogens is 1. The van der Waals surface area contributed by atoms with Gasteiger partial charge in [0.15, 0.2) is 0 Å². The maximum atomic E-state index is 13.4. The van der Waals surface area contributed by atoms with Crippen molar-refractivity contribution in [1.82, 2.24) is 8.96 Å². The summed E-state index contributed by atoms with van der Waals surface area (Å²) in [5, 5.41) is 0. The molecule has 4 aromatic rings. The number of benzene rings is 3. The van der Waals surface area contributed by atoms with Gasteiger partial charge in [0.05, 0.1) is 22.5 Å². The van der Waals surface area contributed by atoms with Gasteiger partial charge in [-0.1, -0.05) is 46.3 Å². The number of hydrogen-bond acceptors (Lipinski definition) is 4. The lowest BCUT2D eigenvalue weighted by Crippen LogP contribution is -2.14. The van der Waals surface area contributed by atoms with Crippen LogP contribution >= 0.6 is 15.9 Å². The molecule has 152 valence electrons. The van der Waals surface area contributed by atoms with Crippen molar-refractivity contribution in [3.05, 3.63) is 88.7 Å². The van der Waals surface area contributed by atoms with E-state index in [1.165, 1.54) is 3.97 Å². The van der Waals surface area contributed by atoms with Crippen LogP contribution in [0.15, 0.2) is 82.2 Å². The highest BCUT2D eigenvalue weighted by Crippen LogP contribution is 2.25. The predicted molar refractivity (Wildman–Crippen MR) is 123 cm³/mol. The first kappa shape index (κ1) is 20.4. The number of para-hydroxylation sites is 2. The van der Waals surface area contributed by atoms with Gasteiger partial charge in [0.25, 0.3) is 10.0 Å². The van der Waals surface area contributed by atoms with Gasteiger partial charge >= 0.3 is 0 Å². The van der Waals surface area contributed by atoms with E-state index in [0.29, 0.717) is 23.5 Å². The van der Waals surface area contributed by atoms with Gasteiger partial charge in [-0.05, 0) is 67.1 Å². The van der Waals surface area contributed by atoms with Crippen LogP contribution in [0.5, 0.6) is 5.75 Å².